The predicted molar refractivity (Wildman–Crippen MR) is 85.5 cm³/mol. The number of aromatic nitrogens is 2. The van der Waals surface area contributed by atoms with Crippen molar-refractivity contribution in [3.05, 3.63) is 11.4 Å². The Morgan fingerprint density at radius 3 is 2.55 bits per heavy atom. The number of rotatable bonds is 7. The molecule has 1 aromatic heterocycles. The summed E-state index contributed by atoms with van der Waals surface area (Å²) in [6.07, 6.45) is 4.74. The third-order valence-corrected chi connectivity index (χ3v) is 4.23. The fourth-order valence-electron chi connectivity index (χ4n) is 2.66. The van der Waals surface area contributed by atoms with E-state index in [2.05, 4.69) is 49.9 Å². The van der Waals surface area contributed by atoms with E-state index < -0.39 is 0 Å². The molecule has 1 heterocycles. The second kappa shape index (κ2) is 6.42. The Kier molecular flexibility index (Phi) is 4.84. The van der Waals surface area contributed by atoms with Gasteiger partial charge in [-0.05, 0) is 46.0 Å². The van der Waals surface area contributed by atoms with E-state index in [9.17, 15) is 0 Å². The molecule has 1 aromatic rings. The molecule has 1 aliphatic rings. The largest absolute Gasteiger partial charge is 0.370 e. The first-order valence-electron chi connectivity index (χ1n) is 7.92. The number of anilines is 2. The Labute approximate surface area is 123 Å². The summed E-state index contributed by atoms with van der Waals surface area (Å²) in [5.74, 6) is 3.89. The Morgan fingerprint density at radius 1 is 1.30 bits per heavy atom. The topological polar surface area (TPSA) is 41.1 Å². The van der Waals surface area contributed by atoms with Gasteiger partial charge in [-0.1, -0.05) is 6.92 Å². The monoisotopic (exact) mass is 276 g/mol. The highest BCUT2D eigenvalue weighted by atomic mass is 15.2. The molecular weight excluding hydrogens is 248 g/mol. The van der Waals surface area contributed by atoms with E-state index in [0.717, 1.165) is 42.8 Å². The minimum Gasteiger partial charge on any atom is -0.370 e. The number of hydrogen-bond donors (Lipinski definition) is 1. The molecule has 1 atom stereocenters. The molecule has 1 saturated carbocycles. The van der Waals surface area contributed by atoms with Crippen LogP contribution in [0, 0.1) is 12.8 Å². The highest BCUT2D eigenvalue weighted by molar-refractivity contribution is 5.59. The summed E-state index contributed by atoms with van der Waals surface area (Å²) in [4.78, 5) is 11.8. The van der Waals surface area contributed by atoms with Crippen LogP contribution in [-0.2, 0) is 6.42 Å². The fourth-order valence-corrected chi connectivity index (χ4v) is 2.66. The zero-order chi connectivity index (χ0) is 14.7. The van der Waals surface area contributed by atoms with Gasteiger partial charge in [0.1, 0.15) is 17.5 Å². The van der Waals surface area contributed by atoms with E-state index in [0.29, 0.717) is 6.04 Å². The zero-order valence-electron chi connectivity index (χ0n) is 13.5. The Hall–Kier alpha value is -1.32. The van der Waals surface area contributed by atoms with E-state index in [1.165, 1.54) is 18.4 Å². The Bertz CT molecular complexity index is 454. The lowest BCUT2D eigenvalue weighted by Crippen LogP contribution is -2.32. The van der Waals surface area contributed by atoms with Crippen LogP contribution in [-0.4, -0.2) is 29.6 Å². The van der Waals surface area contributed by atoms with Crippen LogP contribution in [0.3, 0.4) is 0 Å². The molecule has 1 unspecified atom stereocenters. The molecule has 2 rings (SSSR count). The molecule has 20 heavy (non-hydrogen) atoms. The second-order valence-corrected chi connectivity index (χ2v) is 5.91. The van der Waals surface area contributed by atoms with Crippen molar-refractivity contribution < 1.29 is 0 Å². The number of aryl methyl sites for hydroxylation is 1. The lowest BCUT2D eigenvalue weighted by molar-refractivity contribution is 0.600. The molecule has 0 amide bonds. The SMILES string of the molecule is CCCc1nc(NCC)c(C)c(N(C)C(C)C2CC2)n1. The summed E-state index contributed by atoms with van der Waals surface area (Å²) in [6, 6.07) is 0.563. The van der Waals surface area contributed by atoms with E-state index >= 15 is 0 Å². The van der Waals surface area contributed by atoms with Crippen LogP contribution in [0.25, 0.3) is 0 Å². The molecule has 0 saturated heterocycles. The van der Waals surface area contributed by atoms with Crippen LogP contribution in [0.1, 0.15) is 51.4 Å². The quantitative estimate of drug-likeness (QED) is 0.828. The lowest BCUT2D eigenvalue weighted by atomic mass is 10.1. The van der Waals surface area contributed by atoms with Gasteiger partial charge in [-0.25, -0.2) is 9.97 Å². The van der Waals surface area contributed by atoms with Gasteiger partial charge in [-0.2, -0.15) is 0 Å². The third kappa shape index (κ3) is 3.22. The van der Waals surface area contributed by atoms with Gasteiger partial charge in [0.2, 0.25) is 0 Å². The Balaban J connectivity index is 2.32. The summed E-state index contributed by atoms with van der Waals surface area (Å²) >= 11 is 0. The maximum absolute atomic E-state index is 4.81. The fraction of sp³-hybridized carbons (Fsp3) is 0.750. The first-order chi connectivity index (χ1) is 9.58. The third-order valence-electron chi connectivity index (χ3n) is 4.23. The lowest BCUT2D eigenvalue weighted by Gasteiger charge is -2.28. The highest BCUT2D eigenvalue weighted by Crippen LogP contribution is 2.37. The van der Waals surface area contributed by atoms with Gasteiger partial charge in [0.25, 0.3) is 0 Å². The van der Waals surface area contributed by atoms with Gasteiger partial charge >= 0.3 is 0 Å². The maximum atomic E-state index is 4.81. The summed E-state index contributed by atoms with van der Waals surface area (Å²) in [6.45, 7) is 9.61. The molecular formula is C16H28N4. The van der Waals surface area contributed by atoms with Gasteiger partial charge in [0, 0.05) is 31.6 Å². The molecule has 4 nitrogen and oxygen atoms in total. The summed E-state index contributed by atoms with van der Waals surface area (Å²) in [5.41, 5.74) is 1.17. The minimum absolute atomic E-state index is 0.563. The smallest absolute Gasteiger partial charge is 0.137 e. The highest BCUT2D eigenvalue weighted by Gasteiger charge is 2.32. The van der Waals surface area contributed by atoms with E-state index in [4.69, 9.17) is 4.98 Å². The van der Waals surface area contributed by atoms with Crippen LogP contribution in [0.2, 0.25) is 0 Å². The molecule has 4 heteroatoms. The summed E-state index contributed by atoms with van der Waals surface area (Å²) < 4.78 is 0. The molecule has 1 fully saturated rings. The average molecular weight is 276 g/mol. The number of nitrogens with zero attached hydrogens (tertiary/aromatic N) is 3. The van der Waals surface area contributed by atoms with Crippen molar-refractivity contribution in [2.45, 2.75) is 59.4 Å². The molecule has 0 aromatic carbocycles. The molecule has 0 bridgehead atoms. The van der Waals surface area contributed by atoms with Crippen LogP contribution >= 0.6 is 0 Å². The van der Waals surface area contributed by atoms with Crippen molar-refractivity contribution in [3.63, 3.8) is 0 Å². The summed E-state index contributed by atoms with van der Waals surface area (Å²) in [7, 11) is 2.17. The van der Waals surface area contributed by atoms with Crippen molar-refractivity contribution in [1.82, 2.24) is 9.97 Å². The van der Waals surface area contributed by atoms with E-state index in [1.54, 1.807) is 0 Å². The van der Waals surface area contributed by atoms with Gasteiger partial charge < -0.3 is 10.2 Å². The Morgan fingerprint density at radius 2 is 2.00 bits per heavy atom. The standard InChI is InChI=1S/C16H28N4/c1-6-8-14-18-15(17-7-2)11(3)16(19-14)20(5)12(4)13-9-10-13/h12-13H,6-10H2,1-5H3,(H,17,18,19). The van der Waals surface area contributed by atoms with Crippen molar-refractivity contribution >= 4 is 11.6 Å². The van der Waals surface area contributed by atoms with Crippen molar-refractivity contribution in [3.8, 4) is 0 Å². The molecule has 0 spiro atoms. The second-order valence-electron chi connectivity index (χ2n) is 5.91. The normalized spacial score (nSPS) is 16.1. The van der Waals surface area contributed by atoms with Gasteiger partial charge in [0.05, 0.1) is 0 Å². The zero-order valence-corrected chi connectivity index (χ0v) is 13.5. The number of hydrogen-bond acceptors (Lipinski definition) is 4. The van der Waals surface area contributed by atoms with E-state index in [1.807, 2.05) is 0 Å². The van der Waals surface area contributed by atoms with Gasteiger partial charge in [-0.3, -0.25) is 0 Å². The van der Waals surface area contributed by atoms with Crippen LogP contribution in [0.5, 0.6) is 0 Å². The minimum atomic E-state index is 0.563. The van der Waals surface area contributed by atoms with Gasteiger partial charge in [-0.15, -0.1) is 0 Å². The molecule has 112 valence electrons. The van der Waals surface area contributed by atoms with Crippen molar-refractivity contribution in [1.29, 1.82) is 0 Å². The number of nitrogens with one attached hydrogen (secondary N) is 1. The molecule has 1 aliphatic carbocycles. The average Bonchev–Trinajstić information content (AvgIpc) is 3.25. The van der Waals surface area contributed by atoms with Crippen LogP contribution < -0.4 is 10.2 Å². The van der Waals surface area contributed by atoms with Crippen LogP contribution in [0.15, 0.2) is 0 Å². The van der Waals surface area contributed by atoms with Crippen molar-refractivity contribution in [2.24, 2.45) is 5.92 Å². The predicted octanol–water partition coefficient (Wildman–Crippen LogP) is 3.40. The van der Waals surface area contributed by atoms with Crippen LogP contribution in [0.4, 0.5) is 11.6 Å². The van der Waals surface area contributed by atoms with E-state index in [-0.39, 0.29) is 0 Å². The first-order valence-corrected chi connectivity index (χ1v) is 7.92. The molecule has 0 aliphatic heterocycles. The molecule has 1 N–H and O–H groups in total. The van der Waals surface area contributed by atoms with Crippen molar-refractivity contribution in [2.75, 3.05) is 23.8 Å². The maximum Gasteiger partial charge on any atom is 0.137 e. The molecule has 0 radical (unpaired) electrons. The summed E-state index contributed by atoms with van der Waals surface area (Å²) in [5, 5.41) is 3.38. The first kappa shape index (κ1) is 15.1. The van der Waals surface area contributed by atoms with Gasteiger partial charge in [0.15, 0.2) is 0 Å².